The minimum Gasteiger partial charge on any atom is -0.492 e. The Morgan fingerprint density at radius 3 is 2.76 bits per heavy atom. The summed E-state index contributed by atoms with van der Waals surface area (Å²) in [6.45, 7) is 4.38. The Kier molecular flexibility index (Phi) is 6.52. The fraction of sp³-hybridized carbons (Fsp3) is 0.360. The highest BCUT2D eigenvalue weighted by molar-refractivity contribution is 6.14. The summed E-state index contributed by atoms with van der Waals surface area (Å²) in [4.78, 5) is 30.3. The van der Waals surface area contributed by atoms with Gasteiger partial charge in [0.2, 0.25) is 0 Å². The number of imide groups is 1. The number of hydrogen-bond acceptors (Lipinski definition) is 9. The number of nitrogens with one attached hydrogen (secondary N) is 4. The Labute approximate surface area is 217 Å². The lowest BCUT2D eigenvalue weighted by atomic mass is 10.2. The molecule has 3 aromatic rings. The standard InChI is InChI=1S/C25H27FN8O4/c26-18-12-17(38-10-7-33-5-8-37-9-6-33)3-4-19(18)29-21-13-22(28-16-1-2-16)34-23(31-21)15(14-27-34)11-20-24(35)32-25(36)30-20/h3-4,11-14,16,28H,1-2,5-10H2,(H,29,31)(H2,30,32,35,36)/b20-11-. The summed E-state index contributed by atoms with van der Waals surface area (Å²) < 4.78 is 27.7. The fourth-order valence-electron chi connectivity index (χ4n) is 4.27. The van der Waals surface area contributed by atoms with Gasteiger partial charge >= 0.3 is 6.03 Å². The summed E-state index contributed by atoms with van der Waals surface area (Å²) in [5, 5.41) is 15.5. The maximum absolute atomic E-state index is 15.0. The number of carbonyl (C=O) groups is 2. The summed E-state index contributed by atoms with van der Waals surface area (Å²) >= 11 is 0. The van der Waals surface area contributed by atoms with Gasteiger partial charge in [-0.2, -0.15) is 9.61 Å². The first-order valence-corrected chi connectivity index (χ1v) is 12.5. The molecule has 13 heteroatoms. The van der Waals surface area contributed by atoms with E-state index in [1.165, 1.54) is 12.1 Å². The average molecular weight is 523 g/mol. The number of carbonyl (C=O) groups excluding carboxylic acids is 2. The lowest BCUT2D eigenvalue weighted by Gasteiger charge is -2.26. The van der Waals surface area contributed by atoms with Gasteiger partial charge in [0.15, 0.2) is 5.65 Å². The number of amides is 3. The molecule has 3 amide bonds. The van der Waals surface area contributed by atoms with Crippen LogP contribution in [0.3, 0.4) is 0 Å². The van der Waals surface area contributed by atoms with Crippen LogP contribution < -0.4 is 26.0 Å². The van der Waals surface area contributed by atoms with E-state index in [0.29, 0.717) is 41.2 Å². The summed E-state index contributed by atoms with van der Waals surface area (Å²) in [5.41, 5.74) is 1.28. The van der Waals surface area contributed by atoms with Gasteiger partial charge in [-0.05, 0) is 31.1 Å². The summed E-state index contributed by atoms with van der Waals surface area (Å²) in [7, 11) is 0. The second-order valence-corrected chi connectivity index (χ2v) is 9.32. The topological polar surface area (TPSA) is 134 Å². The maximum Gasteiger partial charge on any atom is 0.326 e. The Hall–Kier alpha value is -4.23. The van der Waals surface area contributed by atoms with Gasteiger partial charge < -0.3 is 25.4 Å². The first kappa shape index (κ1) is 24.1. The lowest BCUT2D eigenvalue weighted by Crippen LogP contribution is -2.38. The molecule has 4 N–H and O–H groups in total. The number of benzene rings is 1. The Morgan fingerprint density at radius 1 is 1.18 bits per heavy atom. The zero-order valence-corrected chi connectivity index (χ0v) is 20.5. The molecule has 3 aliphatic rings. The van der Waals surface area contributed by atoms with Gasteiger partial charge in [-0.3, -0.25) is 15.0 Å². The van der Waals surface area contributed by atoms with E-state index in [1.807, 2.05) is 0 Å². The molecule has 4 heterocycles. The quantitative estimate of drug-likeness (QED) is 0.246. The third-order valence-electron chi connectivity index (χ3n) is 6.43. The van der Waals surface area contributed by atoms with Crippen LogP contribution in [0.2, 0.25) is 0 Å². The minimum absolute atomic E-state index is 0.0945. The number of hydrogen-bond donors (Lipinski definition) is 4. The number of fused-ring (bicyclic) bond motifs is 1. The largest absolute Gasteiger partial charge is 0.492 e. The number of ether oxygens (including phenoxy) is 2. The summed E-state index contributed by atoms with van der Waals surface area (Å²) in [6, 6.07) is 6.16. The average Bonchev–Trinajstić information content (AvgIpc) is 3.54. The van der Waals surface area contributed by atoms with Crippen LogP contribution in [0, 0.1) is 5.82 Å². The van der Waals surface area contributed by atoms with Crippen LogP contribution in [-0.2, 0) is 9.53 Å². The van der Waals surface area contributed by atoms with Crippen molar-refractivity contribution in [2.45, 2.75) is 18.9 Å². The van der Waals surface area contributed by atoms with Crippen molar-refractivity contribution >= 4 is 41.0 Å². The SMILES string of the molecule is O=C1NC(=O)/C(=C/c2cnn3c(NC4CC4)cc(Nc4ccc(OCCN5CCOCC5)cc4F)nc23)N1. The zero-order valence-electron chi connectivity index (χ0n) is 20.5. The van der Waals surface area contributed by atoms with Crippen molar-refractivity contribution in [1.82, 2.24) is 30.1 Å². The highest BCUT2D eigenvalue weighted by atomic mass is 19.1. The van der Waals surface area contributed by atoms with Crippen molar-refractivity contribution in [2.75, 3.05) is 50.1 Å². The van der Waals surface area contributed by atoms with Crippen LogP contribution in [0.25, 0.3) is 11.7 Å². The van der Waals surface area contributed by atoms with E-state index in [9.17, 15) is 14.0 Å². The molecule has 3 fully saturated rings. The van der Waals surface area contributed by atoms with E-state index in [2.05, 4.69) is 36.2 Å². The van der Waals surface area contributed by atoms with Crippen LogP contribution in [0.1, 0.15) is 18.4 Å². The maximum atomic E-state index is 15.0. The predicted octanol–water partition coefficient (Wildman–Crippen LogP) is 2.08. The molecule has 198 valence electrons. The van der Waals surface area contributed by atoms with Crippen LogP contribution in [-0.4, -0.2) is 76.9 Å². The Balaban J connectivity index is 1.21. The smallest absolute Gasteiger partial charge is 0.326 e. The van der Waals surface area contributed by atoms with E-state index < -0.39 is 17.8 Å². The van der Waals surface area contributed by atoms with Gasteiger partial charge in [-0.1, -0.05) is 0 Å². The summed E-state index contributed by atoms with van der Waals surface area (Å²) in [5.74, 6) is 0.499. The monoisotopic (exact) mass is 522 g/mol. The lowest BCUT2D eigenvalue weighted by molar-refractivity contribution is -0.115. The van der Waals surface area contributed by atoms with Gasteiger partial charge in [-0.15, -0.1) is 0 Å². The molecule has 6 rings (SSSR count). The highest BCUT2D eigenvalue weighted by Gasteiger charge is 2.25. The molecule has 0 spiro atoms. The number of urea groups is 1. The van der Waals surface area contributed by atoms with Gasteiger partial charge in [0.1, 0.15) is 35.5 Å². The van der Waals surface area contributed by atoms with E-state index >= 15 is 0 Å². The van der Waals surface area contributed by atoms with Crippen LogP contribution in [0.15, 0.2) is 36.2 Å². The minimum atomic E-state index is -0.590. The highest BCUT2D eigenvalue weighted by Crippen LogP contribution is 2.30. The number of aromatic nitrogens is 3. The van der Waals surface area contributed by atoms with Crippen LogP contribution in [0.5, 0.6) is 5.75 Å². The first-order chi connectivity index (χ1) is 18.5. The zero-order chi connectivity index (χ0) is 26.1. The van der Waals surface area contributed by atoms with Crippen molar-refractivity contribution < 1.29 is 23.5 Å². The molecular formula is C25H27FN8O4. The van der Waals surface area contributed by atoms with Gasteiger partial charge in [0.25, 0.3) is 5.91 Å². The Morgan fingerprint density at radius 2 is 2.03 bits per heavy atom. The number of rotatable bonds is 9. The molecule has 0 radical (unpaired) electrons. The van der Waals surface area contributed by atoms with Gasteiger partial charge in [0, 0.05) is 43.4 Å². The predicted molar refractivity (Wildman–Crippen MR) is 137 cm³/mol. The normalized spacial score (nSPS) is 19.0. The third-order valence-corrected chi connectivity index (χ3v) is 6.43. The molecule has 0 atom stereocenters. The fourth-order valence-corrected chi connectivity index (χ4v) is 4.27. The molecule has 1 aliphatic carbocycles. The first-order valence-electron chi connectivity index (χ1n) is 12.5. The van der Waals surface area contributed by atoms with Crippen LogP contribution in [0.4, 0.5) is 26.5 Å². The molecule has 1 aromatic carbocycles. The molecular weight excluding hydrogens is 495 g/mol. The molecule has 0 bridgehead atoms. The molecule has 2 aromatic heterocycles. The molecule has 0 unspecified atom stereocenters. The van der Waals surface area contributed by atoms with Crippen LogP contribution >= 0.6 is 0 Å². The van der Waals surface area contributed by atoms with Gasteiger partial charge in [0.05, 0.1) is 25.1 Å². The van der Waals surface area contributed by atoms with Crippen molar-refractivity contribution in [3.05, 3.63) is 47.5 Å². The number of anilines is 3. The van der Waals surface area contributed by atoms with Crippen molar-refractivity contribution in [1.29, 1.82) is 0 Å². The molecule has 2 aliphatic heterocycles. The van der Waals surface area contributed by atoms with E-state index in [4.69, 9.17) is 9.47 Å². The second-order valence-electron chi connectivity index (χ2n) is 9.32. The number of nitrogens with zero attached hydrogens (tertiary/aromatic N) is 4. The molecule has 38 heavy (non-hydrogen) atoms. The van der Waals surface area contributed by atoms with Crippen molar-refractivity contribution in [2.24, 2.45) is 0 Å². The number of halogens is 1. The molecule has 1 saturated carbocycles. The van der Waals surface area contributed by atoms with E-state index in [0.717, 1.165) is 45.7 Å². The molecule has 2 saturated heterocycles. The number of morpholine rings is 1. The third kappa shape index (κ3) is 5.38. The van der Waals surface area contributed by atoms with E-state index in [-0.39, 0.29) is 11.4 Å². The van der Waals surface area contributed by atoms with Crippen molar-refractivity contribution in [3.8, 4) is 5.75 Å². The second kappa shape index (κ2) is 10.3. The van der Waals surface area contributed by atoms with Gasteiger partial charge in [-0.25, -0.2) is 14.2 Å². The van der Waals surface area contributed by atoms with E-state index in [1.54, 1.807) is 28.9 Å². The summed E-state index contributed by atoms with van der Waals surface area (Å²) in [6.07, 6.45) is 5.14. The van der Waals surface area contributed by atoms with Crippen molar-refractivity contribution in [3.63, 3.8) is 0 Å². The Bertz CT molecular complexity index is 1410. The molecule has 12 nitrogen and oxygen atoms in total.